The summed E-state index contributed by atoms with van der Waals surface area (Å²) in [6.07, 6.45) is 4.69. The van der Waals surface area contributed by atoms with Crippen LogP contribution in [0.3, 0.4) is 0 Å². The van der Waals surface area contributed by atoms with E-state index in [2.05, 4.69) is 11.2 Å². The van der Waals surface area contributed by atoms with Gasteiger partial charge in [0.25, 0.3) is 0 Å². The van der Waals surface area contributed by atoms with Gasteiger partial charge in [-0.2, -0.15) is 0 Å². The van der Waals surface area contributed by atoms with Crippen LogP contribution in [-0.2, 0) is 16.0 Å². The molecule has 124 valence electrons. The third kappa shape index (κ3) is 7.23. The Morgan fingerprint density at radius 1 is 1.30 bits per heavy atom. The van der Waals surface area contributed by atoms with Gasteiger partial charge in [0.15, 0.2) is 0 Å². The molecule has 23 heavy (non-hydrogen) atoms. The molecule has 0 aliphatic carbocycles. The molecule has 1 aromatic rings. The molecule has 0 aliphatic rings. The molecule has 0 saturated carbocycles. The second-order valence-corrected chi connectivity index (χ2v) is 5.94. The van der Waals surface area contributed by atoms with Crippen molar-refractivity contribution < 1.29 is 19.1 Å². The van der Waals surface area contributed by atoms with Crippen molar-refractivity contribution in [2.75, 3.05) is 6.61 Å². The second kappa shape index (κ2) is 8.08. The van der Waals surface area contributed by atoms with E-state index in [1.54, 1.807) is 45.0 Å². The Balaban J connectivity index is 2.67. The van der Waals surface area contributed by atoms with Crippen LogP contribution in [0, 0.1) is 12.3 Å². The van der Waals surface area contributed by atoms with Crippen molar-refractivity contribution in [3.63, 3.8) is 0 Å². The van der Waals surface area contributed by atoms with Crippen LogP contribution in [0.2, 0.25) is 0 Å². The maximum absolute atomic E-state index is 11.8. The number of primary amides is 1. The Labute approximate surface area is 136 Å². The summed E-state index contributed by atoms with van der Waals surface area (Å²) >= 11 is 0. The van der Waals surface area contributed by atoms with Gasteiger partial charge in [-0.15, -0.1) is 6.42 Å². The Morgan fingerprint density at radius 3 is 2.39 bits per heavy atom. The number of hydrogen-bond acceptors (Lipinski definition) is 4. The number of carbonyl (C=O) groups excluding carboxylic acids is 2. The highest BCUT2D eigenvalue weighted by Gasteiger charge is 2.22. The van der Waals surface area contributed by atoms with Crippen molar-refractivity contribution in [3.8, 4) is 18.1 Å². The molecule has 1 atom stereocenters. The molecule has 3 N–H and O–H groups in total. The minimum atomic E-state index is -0.859. The maximum Gasteiger partial charge on any atom is 0.408 e. The number of nitrogens with two attached hydrogens (primary N) is 1. The SMILES string of the molecule is C#CCOc1ccc(CC(NC(=O)OC(C)(C)C)C(N)=O)cc1. The molecule has 0 fully saturated rings. The molecule has 0 aromatic heterocycles. The van der Waals surface area contributed by atoms with E-state index in [-0.39, 0.29) is 13.0 Å². The molecule has 6 heteroatoms. The zero-order chi connectivity index (χ0) is 17.5. The van der Waals surface area contributed by atoms with Crippen molar-refractivity contribution in [1.29, 1.82) is 0 Å². The number of ether oxygens (including phenoxy) is 2. The first kappa shape index (κ1) is 18.4. The minimum Gasteiger partial charge on any atom is -0.481 e. The molecule has 1 aromatic carbocycles. The van der Waals surface area contributed by atoms with Gasteiger partial charge in [-0.25, -0.2) is 4.79 Å². The van der Waals surface area contributed by atoms with Gasteiger partial charge < -0.3 is 20.5 Å². The van der Waals surface area contributed by atoms with Gasteiger partial charge in [-0.05, 0) is 38.5 Å². The summed E-state index contributed by atoms with van der Waals surface area (Å²) in [5.41, 5.74) is 5.50. The van der Waals surface area contributed by atoms with E-state index >= 15 is 0 Å². The lowest BCUT2D eigenvalue weighted by atomic mass is 10.1. The van der Waals surface area contributed by atoms with Crippen LogP contribution in [0.1, 0.15) is 26.3 Å². The van der Waals surface area contributed by atoms with E-state index in [1.807, 2.05) is 0 Å². The van der Waals surface area contributed by atoms with Gasteiger partial charge in [0.1, 0.15) is 24.0 Å². The fourth-order valence-electron chi connectivity index (χ4n) is 1.76. The van der Waals surface area contributed by atoms with Gasteiger partial charge in [0.05, 0.1) is 0 Å². The third-order valence-electron chi connectivity index (χ3n) is 2.72. The zero-order valence-electron chi connectivity index (χ0n) is 13.6. The highest BCUT2D eigenvalue weighted by molar-refractivity contribution is 5.84. The summed E-state index contributed by atoms with van der Waals surface area (Å²) in [4.78, 5) is 23.3. The first-order valence-corrected chi connectivity index (χ1v) is 7.15. The lowest BCUT2D eigenvalue weighted by molar-refractivity contribution is -0.120. The van der Waals surface area contributed by atoms with Gasteiger partial charge in [-0.1, -0.05) is 18.1 Å². The van der Waals surface area contributed by atoms with E-state index in [0.717, 1.165) is 5.56 Å². The summed E-state index contributed by atoms with van der Waals surface area (Å²) in [7, 11) is 0. The third-order valence-corrected chi connectivity index (χ3v) is 2.72. The molecule has 0 spiro atoms. The van der Waals surface area contributed by atoms with Gasteiger partial charge in [-0.3, -0.25) is 4.79 Å². The molecule has 2 amide bonds. The standard InChI is InChI=1S/C17H22N2O4/c1-5-10-22-13-8-6-12(7-9-13)11-14(15(18)20)19-16(21)23-17(2,3)4/h1,6-9,14H,10-11H2,2-4H3,(H2,18,20)(H,19,21). The van der Waals surface area contributed by atoms with Gasteiger partial charge >= 0.3 is 6.09 Å². The highest BCUT2D eigenvalue weighted by atomic mass is 16.6. The fraction of sp³-hybridized carbons (Fsp3) is 0.412. The summed E-state index contributed by atoms with van der Waals surface area (Å²) in [5.74, 6) is 2.36. The number of hydrogen-bond donors (Lipinski definition) is 2. The predicted octanol–water partition coefficient (Wildman–Crippen LogP) is 1.62. The first-order valence-electron chi connectivity index (χ1n) is 7.15. The quantitative estimate of drug-likeness (QED) is 0.780. The van der Waals surface area contributed by atoms with Gasteiger partial charge in [0, 0.05) is 6.42 Å². The molecule has 0 saturated heterocycles. The summed E-state index contributed by atoms with van der Waals surface area (Å²) in [6, 6.07) is 6.16. The van der Waals surface area contributed by atoms with E-state index in [4.69, 9.17) is 21.6 Å². The van der Waals surface area contributed by atoms with Crippen LogP contribution in [0.4, 0.5) is 4.79 Å². The molecule has 6 nitrogen and oxygen atoms in total. The van der Waals surface area contributed by atoms with Crippen molar-refractivity contribution in [1.82, 2.24) is 5.32 Å². The fourth-order valence-corrected chi connectivity index (χ4v) is 1.76. The highest BCUT2D eigenvalue weighted by Crippen LogP contribution is 2.14. The second-order valence-electron chi connectivity index (χ2n) is 5.94. The lowest BCUT2D eigenvalue weighted by Crippen LogP contribution is -2.47. The number of amides is 2. The van der Waals surface area contributed by atoms with Crippen LogP contribution in [0.25, 0.3) is 0 Å². The number of nitrogens with one attached hydrogen (secondary N) is 1. The number of alkyl carbamates (subject to hydrolysis) is 1. The van der Waals surface area contributed by atoms with Crippen molar-refractivity contribution in [2.24, 2.45) is 5.73 Å². The van der Waals surface area contributed by atoms with E-state index in [9.17, 15) is 9.59 Å². The Hall–Kier alpha value is -2.68. The van der Waals surface area contributed by atoms with Crippen LogP contribution in [-0.4, -0.2) is 30.3 Å². The first-order chi connectivity index (χ1) is 10.7. The summed E-state index contributed by atoms with van der Waals surface area (Å²) in [6.45, 7) is 5.39. The van der Waals surface area contributed by atoms with E-state index < -0.39 is 23.6 Å². The van der Waals surface area contributed by atoms with Crippen molar-refractivity contribution >= 4 is 12.0 Å². The Morgan fingerprint density at radius 2 is 1.91 bits per heavy atom. The van der Waals surface area contributed by atoms with Crippen LogP contribution in [0.5, 0.6) is 5.75 Å². The number of terminal acetylenes is 1. The molecule has 1 rings (SSSR count). The van der Waals surface area contributed by atoms with Gasteiger partial charge in [0.2, 0.25) is 5.91 Å². The number of rotatable bonds is 6. The zero-order valence-corrected chi connectivity index (χ0v) is 13.6. The molecule has 0 radical (unpaired) electrons. The largest absolute Gasteiger partial charge is 0.481 e. The average Bonchev–Trinajstić information content (AvgIpc) is 2.43. The molecule has 0 aliphatic heterocycles. The summed E-state index contributed by atoms with van der Waals surface area (Å²) in [5, 5.41) is 2.48. The average molecular weight is 318 g/mol. The smallest absolute Gasteiger partial charge is 0.408 e. The molecule has 1 unspecified atom stereocenters. The lowest BCUT2D eigenvalue weighted by Gasteiger charge is -2.22. The topological polar surface area (TPSA) is 90.7 Å². The molecular formula is C17H22N2O4. The summed E-state index contributed by atoms with van der Waals surface area (Å²) < 4.78 is 10.4. The predicted molar refractivity (Wildman–Crippen MR) is 86.8 cm³/mol. The maximum atomic E-state index is 11.8. The Bertz CT molecular complexity index is 582. The van der Waals surface area contributed by atoms with E-state index in [0.29, 0.717) is 5.75 Å². The Kier molecular flexibility index (Phi) is 6.46. The molecular weight excluding hydrogens is 296 g/mol. The normalized spacial score (nSPS) is 11.9. The van der Waals surface area contributed by atoms with E-state index in [1.165, 1.54) is 0 Å². The number of carbonyl (C=O) groups is 2. The number of benzene rings is 1. The van der Waals surface area contributed by atoms with Crippen molar-refractivity contribution in [2.45, 2.75) is 38.8 Å². The monoisotopic (exact) mass is 318 g/mol. The minimum absolute atomic E-state index is 0.184. The van der Waals surface area contributed by atoms with Crippen LogP contribution >= 0.6 is 0 Å². The molecule has 0 heterocycles. The molecule has 0 bridgehead atoms. The van der Waals surface area contributed by atoms with Crippen LogP contribution in [0.15, 0.2) is 24.3 Å². The van der Waals surface area contributed by atoms with Crippen molar-refractivity contribution in [3.05, 3.63) is 29.8 Å². The van der Waals surface area contributed by atoms with Crippen LogP contribution < -0.4 is 15.8 Å².